The molecule has 2 aliphatic rings. The fraction of sp³-hybridized carbons (Fsp3) is 0.688. The van der Waals surface area contributed by atoms with Crippen molar-refractivity contribution in [2.24, 2.45) is 10.2 Å². The number of nitrogens with one attached hydrogen (secondary N) is 2. The molecule has 1 amide bonds. The third kappa shape index (κ3) is 4.17. The molecule has 1 atom stereocenters. The van der Waals surface area contributed by atoms with Crippen LogP contribution in [0.3, 0.4) is 0 Å². The standard InChI is InChI=1S/C16H23N7O/c1-2-3-7-16(20-21-16)8-11-18-15(24)14-12-23(22-19-14)13-5-4-9-17-10-6-13/h1,12-13,17H,3-11H2,(H,18,24). The summed E-state index contributed by atoms with van der Waals surface area (Å²) in [5, 5.41) is 22.5. The summed E-state index contributed by atoms with van der Waals surface area (Å²) in [7, 11) is 0. The Morgan fingerprint density at radius 2 is 2.29 bits per heavy atom. The van der Waals surface area contributed by atoms with Crippen LogP contribution in [0.4, 0.5) is 0 Å². The van der Waals surface area contributed by atoms with Crippen molar-refractivity contribution >= 4 is 5.91 Å². The van der Waals surface area contributed by atoms with Crippen molar-refractivity contribution < 1.29 is 4.79 Å². The van der Waals surface area contributed by atoms with Crippen LogP contribution in [0.5, 0.6) is 0 Å². The van der Waals surface area contributed by atoms with Crippen LogP contribution in [-0.4, -0.2) is 46.2 Å². The van der Waals surface area contributed by atoms with Crippen molar-refractivity contribution in [2.75, 3.05) is 19.6 Å². The lowest BCUT2D eigenvalue weighted by Crippen LogP contribution is -2.28. The largest absolute Gasteiger partial charge is 0.350 e. The van der Waals surface area contributed by atoms with Gasteiger partial charge in [-0.3, -0.25) is 4.79 Å². The topological polar surface area (TPSA) is 96.6 Å². The van der Waals surface area contributed by atoms with Crippen molar-refractivity contribution in [3.05, 3.63) is 11.9 Å². The maximum absolute atomic E-state index is 12.2. The molecule has 0 radical (unpaired) electrons. The van der Waals surface area contributed by atoms with Crippen LogP contribution in [-0.2, 0) is 0 Å². The predicted molar refractivity (Wildman–Crippen MR) is 88.4 cm³/mol. The van der Waals surface area contributed by atoms with Crippen LogP contribution in [0.15, 0.2) is 16.4 Å². The maximum atomic E-state index is 12.2. The normalized spacial score (nSPS) is 21.7. The molecule has 8 heteroatoms. The summed E-state index contributed by atoms with van der Waals surface area (Å²) in [4.78, 5) is 12.2. The molecule has 0 bridgehead atoms. The number of carbonyl (C=O) groups excluding carboxylic acids is 1. The van der Waals surface area contributed by atoms with E-state index in [0.29, 0.717) is 31.1 Å². The van der Waals surface area contributed by atoms with E-state index in [0.717, 1.165) is 38.8 Å². The molecule has 0 spiro atoms. The van der Waals surface area contributed by atoms with Gasteiger partial charge in [-0.25, -0.2) is 4.68 Å². The molecular weight excluding hydrogens is 306 g/mol. The highest BCUT2D eigenvalue weighted by Crippen LogP contribution is 2.36. The molecule has 1 saturated heterocycles. The second kappa shape index (κ2) is 7.53. The summed E-state index contributed by atoms with van der Waals surface area (Å²) in [5.74, 6) is 2.39. The maximum Gasteiger partial charge on any atom is 0.273 e. The predicted octanol–water partition coefficient (Wildman–Crippen LogP) is 1.29. The number of hydrogen-bond donors (Lipinski definition) is 2. The van der Waals surface area contributed by atoms with Gasteiger partial charge in [0.25, 0.3) is 5.91 Å². The molecule has 0 aliphatic carbocycles. The highest BCUT2D eigenvalue weighted by molar-refractivity contribution is 5.91. The molecule has 0 aromatic carbocycles. The number of amides is 1. The van der Waals surface area contributed by atoms with E-state index in [4.69, 9.17) is 6.42 Å². The molecule has 128 valence electrons. The zero-order valence-electron chi connectivity index (χ0n) is 13.7. The first kappa shape index (κ1) is 16.6. The number of rotatable bonds is 7. The SMILES string of the molecule is C#CCCC1(CCNC(=O)c2cn(C3CCCNCC3)nn2)N=N1. The molecule has 1 aromatic rings. The minimum atomic E-state index is -0.370. The van der Waals surface area contributed by atoms with Gasteiger partial charge in [-0.1, -0.05) is 5.21 Å². The van der Waals surface area contributed by atoms with E-state index >= 15 is 0 Å². The second-order valence-electron chi connectivity index (χ2n) is 6.31. The van der Waals surface area contributed by atoms with Gasteiger partial charge in [-0.15, -0.1) is 17.4 Å². The molecule has 8 nitrogen and oxygen atoms in total. The number of nitrogens with zero attached hydrogens (tertiary/aromatic N) is 5. The summed E-state index contributed by atoms with van der Waals surface area (Å²) in [5.41, 5.74) is -0.0144. The Bertz CT molecular complexity index is 631. The number of carbonyl (C=O) groups is 1. The van der Waals surface area contributed by atoms with E-state index in [1.807, 2.05) is 4.68 Å². The first-order chi connectivity index (χ1) is 11.7. The van der Waals surface area contributed by atoms with E-state index in [1.54, 1.807) is 6.20 Å². The first-order valence-electron chi connectivity index (χ1n) is 8.51. The zero-order valence-corrected chi connectivity index (χ0v) is 13.7. The van der Waals surface area contributed by atoms with Crippen LogP contribution in [0.1, 0.15) is 55.1 Å². The van der Waals surface area contributed by atoms with Crippen LogP contribution in [0.2, 0.25) is 0 Å². The molecule has 3 rings (SSSR count). The average Bonchev–Trinajstić information content (AvgIpc) is 3.28. The number of terminal acetylenes is 1. The second-order valence-corrected chi connectivity index (χ2v) is 6.31. The minimum Gasteiger partial charge on any atom is -0.350 e. The summed E-state index contributed by atoms with van der Waals surface area (Å²) >= 11 is 0. The van der Waals surface area contributed by atoms with Gasteiger partial charge in [-0.2, -0.15) is 10.2 Å². The quantitative estimate of drug-likeness (QED) is 0.737. The van der Waals surface area contributed by atoms with Gasteiger partial charge >= 0.3 is 0 Å². The van der Waals surface area contributed by atoms with Gasteiger partial charge in [0.15, 0.2) is 11.4 Å². The highest BCUT2D eigenvalue weighted by Gasteiger charge is 2.38. The third-order valence-electron chi connectivity index (χ3n) is 4.53. The summed E-state index contributed by atoms with van der Waals surface area (Å²) in [6.07, 6.45) is 12.2. The Hall–Kier alpha value is -2.27. The van der Waals surface area contributed by atoms with Gasteiger partial charge in [0.1, 0.15) is 0 Å². The lowest BCUT2D eigenvalue weighted by Gasteiger charge is -2.12. The van der Waals surface area contributed by atoms with E-state index in [1.165, 1.54) is 0 Å². The van der Waals surface area contributed by atoms with E-state index < -0.39 is 0 Å². The number of hydrogen-bond acceptors (Lipinski definition) is 6. The van der Waals surface area contributed by atoms with Crippen molar-refractivity contribution in [3.8, 4) is 12.3 Å². The molecule has 3 heterocycles. The lowest BCUT2D eigenvalue weighted by molar-refractivity contribution is 0.0947. The van der Waals surface area contributed by atoms with E-state index in [2.05, 4.69) is 37.1 Å². The van der Waals surface area contributed by atoms with E-state index in [9.17, 15) is 4.79 Å². The first-order valence-corrected chi connectivity index (χ1v) is 8.51. The Labute approximate surface area is 141 Å². The summed E-state index contributed by atoms with van der Waals surface area (Å²) in [6.45, 7) is 2.51. The molecule has 24 heavy (non-hydrogen) atoms. The molecule has 1 unspecified atom stereocenters. The van der Waals surface area contributed by atoms with Crippen LogP contribution in [0, 0.1) is 12.3 Å². The lowest BCUT2D eigenvalue weighted by atomic mass is 10.0. The molecular formula is C16H23N7O. The van der Waals surface area contributed by atoms with Crippen molar-refractivity contribution in [1.29, 1.82) is 0 Å². The van der Waals surface area contributed by atoms with Crippen molar-refractivity contribution in [1.82, 2.24) is 25.6 Å². The molecule has 2 aliphatic heterocycles. The Morgan fingerprint density at radius 1 is 1.42 bits per heavy atom. The fourth-order valence-corrected chi connectivity index (χ4v) is 2.96. The van der Waals surface area contributed by atoms with Gasteiger partial charge in [0.2, 0.25) is 0 Å². The van der Waals surface area contributed by atoms with Gasteiger partial charge in [0, 0.05) is 25.8 Å². The van der Waals surface area contributed by atoms with Gasteiger partial charge in [-0.05, 0) is 32.4 Å². The van der Waals surface area contributed by atoms with Crippen molar-refractivity contribution in [2.45, 2.75) is 50.2 Å². The van der Waals surface area contributed by atoms with Gasteiger partial charge in [0.05, 0.1) is 12.2 Å². The van der Waals surface area contributed by atoms with Crippen LogP contribution < -0.4 is 10.6 Å². The van der Waals surface area contributed by atoms with E-state index in [-0.39, 0.29) is 11.6 Å². The molecule has 2 N–H and O–H groups in total. The molecule has 0 saturated carbocycles. The monoisotopic (exact) mass is 329 g/mol. The Balaban J connectivity index is 1.46. The van der Waals surface area contributed by atoms with Crippen LogP contribution in [0.25, 0.3) is 0 Å². The highest BCUT2D eigenvalue weighted by atomic mass is 16.2. The number of aromatic nitrogens is 3. The summed E-state index contributed by atoms with van der Waals surface area (Å²) in [6, 6.07) is 0.310. The fourth-order valence-electron chi connectivity index (χ4n) is 2.96. The minimum absolute atomic E-state index is 0.208. The Morgan fingerprint density at radius 3 is 3.08 bits per heavy atom. The van der Waals surface area contributed by atoms with Crippen LogP contribution >= 0.6 is 0 Å². The Kier molecular flexibility index (Phi) is 5.20. The summed E-state index contributed by atoms with van der Waals surface area (Å²) < 4.78 is 1.82. The van der Waals surface area contributed by atoms with Gasteiger partial charge < -0.3 is 10.6 Å². The smallest absolute Gasteiger partial charge is 0.273 e. The molecule has 1 aromatic heterocycles. The average molecular weight is 329 g/mol. The third-order valence-corrected chi connectivity index (χ3v) is 4.53. The zero-order chi connectivity index (χ0) is 16.8. The molecule has 1 fully saturated rings. The van der Waals surface area contributed by atoms with Crippen molar-refractivity contribution in [3.63, 3.8) is 0 Å².